The molecule has 0 aliphatic rings. The minimum Gasteiger partial charge on any atom is -0.466 e. The fourth-order valence-electron chi connectivity index (χ4n) is 10.5. The monoisotopic (exact) mass is 1050 g/mol. The summed E-state index contributed by atoms with van der Waals surface area (Å²) in [6.07, 6.45) is 81.7. The summed E-state index contributed by atoms with van der Waals surface area (Å²) in [4.78, 5) is 24.6. The molecule has 0 fully saturated rings. The van der Waals surface area contributed by atoms with Gasteiger partial charge >= 0.3 is 5.97 Å². The summed E-state index contributed by atoms with van der Waals surface area (Å²) < 4.78 is 5.48. The van der Waals surface area contributed by atoms with Gasteiger partial charge in [-0.25, -0.2) is 0 Å². The summed E-state index contributed by atoms with van der Waals surface area (Å²) in [6.45, 7) is 4.96. The van der Waals surface area contributed by atoms with Crippen molar-refractivity contribution in [1.82, 2.24) is 5.32 Å². The van der Waals surface area contributed by atoms with Gasteiger partial charge in [-0.3, -0.25) is 9.59 Å². The van der Waals surface area contributed by atoms with Crippen LogP contribution in [0.5, 0.6) is 0 Å². The molecular formula is C69H131NO5. The van der Waals surface area contributed by atoms with Gasteiger partial charge in [0.25, 0.3) is 0 Å². The number of esters is 1. The van der Waals surface area contributed by atoms with E-state index in [0.29, 0.717) is 25.9 Å². The van der Waals surface area contributed by atoms with E-state index in [1.807, 2.05) is 0 Å². The summed E-state index contributed by atoms with van der Waals surface area (Å²) in [5.74, 6) is -0.0425. The van der Waals surface area contributed by atoms with E-state index in [0.717, 1.165) is 57.8 Å². The molecule has 2 unspecified atom stereocenters. The van der Waals surface area contributed by atoms with Gasteiger partial charge in [-0.15, -0.1) is 0 Å². The molecule has 75 heavy (non-hydrogen) atoms. The van der Waals surface area contributed by atoms with E-state index in [-0.39, 0.29) is 18.5 Å². The molecule has 0 rings (SSSR count). The van der Waals surface area contributed by atoms with Gasteiger partial charge in [0.1, 0.15) is 0 Å². The number of unbranched alkanes of at least 4 members (excludes halogenated alkanes) is 46. The molecule has 6 heteroatoms. The summed E-state index contributed by atoms with van der Waals surface area (Å²) in [7, 11) is 0. The summed E-state index contributed by atoms with van der Waals surface area (Å²) in [6, 6.07) is -0.550. The molecule has 0 bridgehead atoms. The lowest BCUT2D eigenvalue weighted by atomic mass is 10.0. The van der Waals surface area contributed by atoms with E-state index in [2.05, 4.69) is 55.6 Å². The van der Waals surface area contributed by atoms with Crippen LogP contribution in [0.4, 0.5) is 0 Å². The quantitative estimate of drug-likeness (QED) is 0.0320. The summed E-state index contributed by atoms with van der Waals surface area (Å²) in [5.41, 5.74) is 0. The maximum Gasteiger partial charge on any atom is 0.305 e. The number of carbonyl (C=O) groups is 2. The predicted octanol–water partition coefficient (Wildman–Crippen LogP) is 21.5. The molecule has 2 atom stereocenters. The third kappa shape index (κ3) is 61.2. The molecule has 0 saturated heterocycles. The second kappa shape index (κ2) is 64.6. The molecule has 3 N–H and O–H groups in total. The molecule has 0 heterocycles. The molecule has 0 aliphatic carbocycles. The fraction of sp³-hybridized carbons (Fsp3) is 0.884. The smallest absolute Gasteiger partial charge is 0.305 e. The van der Waals surface area contributed by atoms with Gasteiger partial charge in [0, 0.05) is 12.8 Å². The molecule has 0 spiro atoms. The van der Waals surface area contributed by atoms with Crippen molar-refractivity contribution >= 4 is 11.9 Å². The number of ether oxygens (including phenoxy) is 1. The Morgan fingerprint density at radius 2 is 0.667 bits per heavy atom. The zero-order chi connectivity index (χ0) is 54.3. The molecule has 6 nitrogen and oxygen atoms in total. The molecule has 0 aromatic rings. The SMILES string of the molecule is CCCCCCCCC/C=C\CCCCCCCC(=O)OCCCCCCCCCCC/C=C\C/C=C\CCCCCCCCCC(=O)NC(CO)C(O)CCCCCCCCCCCCCCCCCCCCC. The maximum atomic E-state index is 12.5. The number of hydrogen-bond donors (Lipinski definition) is 3. The van der Waals surface area contributed by atoms with Gasteiger partial charge in [-0.1, -0.05) is 307 Å². The van der Waals surface area contributed by atoms with Crippen molar-refractivity contribution in [3.05, 3.63) is 36.5 Å². The van der Waals surface area contributed by atoms with E-state index in [1.165, 1.54) is 276 Å². The van der Waals surface area contributed by atoms with Gasteiger partial charge < -0.3 is 20.3 Å². The van der Waals surface area contributed by atoms with Crippen molar-refractivity contribution in [2.45, 2.75) is 379 Å². The van der Waals surface area contributed by atoms with Crippen molar-refractivity contribution < 1.29 is 24.5 Å². The number of rotatable bonds is 63. The third-order valence-electron chi connectivity index (χ3n) is 15.7. The zero-order valence-corrected chi connectivity index (χ0v) is 50.5. The average molecular weight is 1050 g/mol. The first kappa shape index (κ1) is 73.1. The van der Waals surface area contributed by atoms with Gasteiger partial charge in [-0.05, 0) is 83.5 Å². The molecule has 0 aromatic carbocycles. The van der Waals surface area contributed by atoms with Gasteiger partial charge in [0.2, 0.25) is 5.91 Å². The van der Waals surface area contributed by atoms with Crippen LogP contribution in [-0.4, -0.2) is 47.4 Å². The second-order valence-corrected chi connectivity index (χ2v) is 23.1. The minimum absolute atomic E-state index is 0.000128. The van der Waals surface area contributed by atoms with Crippen LogP contribution in [0.3, 0.4) is 0 Å². The normalized spacial score (nSPS) is 12.7. The second-order valence-electron chi connectivity index (χ2n) is 23.1. The topological polar surface area (TPSA) is 95.9 Å². The van der Waals surface area contributed by atoms with Crippen molar-refractivity contribution in [3.8, 4) is 0 Å². The molecule has 0 radical (unpaired) electrons. The molecule has 1 amide bonds. The lowest BCUT2D eigenvalue weighted by Crippen LogP contribution is -2.45. The molecule has 442 valence electrons. The van der Waals surface area contributed by atoms with Gasteiger partial charge in [-0.2, -0.15) is 0 Å². The minimum atomic E-state index is -0.672. The number of allylic oxidation sites excluding steroid dienone is 6. The first-order valence-corrected chi connectivity index (χ1v) is 33.7. The van der Waals surface area contributed by atoms with Crippen LogP contribution >= 0.6 is 0 Å². The summed E-state index contributed by atoms with van der Waals surface area (Å²) in [5, 5.41) is 23.4. The fourth-order valence-corrected chi connectivity index (χ4v) is 10.5. The standard InChI is InChI=1S/C69H131NO5/c1-3-5-7-9-11-13-15-17-19-21-27-30-33-37-41-45-49-53-57-61-67(72)66(65-71)70-68(73)62-58-54-50-46-42-38-34-31-28-25-23-22-24-26-29-32-36-40-44-48-52-56-60-64-75-69(74)63-59-55-51-47-43-39-35-20-18-16-14-12-10-8-6-4-2/h20,22,24-25,28,35,66-67,71-72H,3-19,21,23,26-27,29-34,36-65H2,1-2H3,(H,70,73)/b24-22-,28-25-,35-20-. The van der Waals surface area contributed by atoms with Crippen LogP contribution in [0.1, 0.15) is 367 Å². The highest BCUT2D eigenvalue weighted by Crippen LogP contribution is 2.18. The predicted molar refractivity (Wildman–Crippen MR) is 329 cm³/mol. The zero-order valence-electron chi connectivity index (χ0n) is 50.5. The van der Waals surface area contributed by atoms with Crippen LogP contribution in [0.25, 0.3) is 0 Å². The molecular weight excluding hydrogens is 923 g/mol. The molecule has 0 aliphatic heterocycles. The van der Waals surface area contributed by atoms with Crippen LogP contribution < -0.4 is 5.32 Å². The van der Waals surface area contributed by atoms with E-state index < -0.39 is 12.1 Å². The Hall–Kier alpha value is -1.92. The molecule has 0 aromatic heterocycles. The Balaban J connectivity index is 3.45. The number of nitrogens with one attached hydrogen (secondary N) is 1. The van der Waals surface area contributed by atoms with Crippen LogP contribution in [-0.2, 0) is 14.3 Å². The van der Waals surface area contributed by atoms with Gasteiger partial charge in [0.15, 0.2) is 0 Å². The first-order valence-electron chi connectivity index (χ1n) is 33.7. The van der Waals surface area contributed by atoms with E-state index in [4.69, 9.17) is 4.74 Å². The number of amides is 1. The lowest BCUT2D eigenvalue weighted by Gasteiger charge is -2.22. The van der Waals surface area contributed by atoms with Crippen molar-refractivity contribution in [1.29, 1.82) is 0 Å². The highest BCUT2D eigenvalue weighted by atomic mass is 16.5. The van der Waals surface area contributed by atoms with Crippen molar-refractivity contribution in [2.24, 2.45) is 0 Å². The van der Waals surface area contributed by atoms with Crippen molar-refractivity contribution in [2.75, 3.05) is 13.2 Å². The van der Waals surface area contributed by atoms with Crippen LogP contribution in [0, 0.1) is 0 Å². The average Bonchev–Trinajstić information content (AvgIpc) is 3.41. The van der Waals surface area contributed by atoms with Crippen LogP contribution in [0.15, 0.2) is 36.5 Å². The van der Waals surface area contributed by atoms with Crippen molar-refractivity contribution in [3.63, 3.8) is 0 Å². The highest BCUT2D eigenvalue weighted by Gasteiger charge is 2.20. The highest BCUT2D eigenvalue weighted by molar-refractivity contribution is 5.76. The summed E-state index contributed by atoms with van der Waals surface area (Å²) >= 11 is 0. The Morgan fingerprint density at radius 1 is 0.373 bits per heavy atom. The van der Waals surface area contributed by atoms with E-state index >= 15 is 0 Å². The lowest BCUT2D eigenvalue weighted by molar-refractivity contribution is -0.143. The maximum absolute atomic E-state index is 12.5. The Labute approximate surface area is 468 Å². The third-order valence-corrected chi connectivity index (χ3v) is 15.7. The van der Waals surface area contributed by atoms with E-state index in [1.54, 1.807) is 0 Å². The Morgan fingerprint density at radius 3 is 1.03 bits per heavy atom. The van der Waals surface area contributed by atoms with Gasteiger partial charge in [0.05, 0.1) is 25.4 Å². The van der Waals surface area contributed by atoms with E-state index in [9.17, 15) is 19.8 Å². The Bertz CT molecular complexity index is 1210. The van der Waals surface area contributed by atoms with Crippen LogP contribution in [0.2, 0.25) is 0 Å². The first-order chi connectivity index (χ1) is 37.0. The number of hydrogen-bond acceptors (Lipinski definition) is 5. The Kier molecular flexibility index (Phi) is 63.0. The molecule has 0 saturated carbocycles. The number of aliphatic hydroxyl groups is 2. The number of aliphatic hydroxyl groups excluding tert-OH is 2. The largest absolute Gasteiger partial charge is 0.466 e. The number of carbonyl (C=O) groups excluding carboxylic acids is 2.